The summed E-state index contributed by atoms with van der Waals surface area (Å²) in [6.07, 6.45) is 2.99. The predicted octanol–water partition coefficient (Wildman–Crippen LogP) is 7.46. The van der Waals surface area contributed by atoms with Crippen molar-refractivity contribution in [2.24, 2.45) is 0 Å². The lowest BCUT2D eigenvalue weighted by molar-refractivity contribution is -0.0132. The second-order valence-corrected chi connectivity index (χ2v) is 12.8. The zero-order valence-corrected chi connectivity index (χ0v) is 25.6. The Labute approximate surface area is 253 Å². The van der Waals surface area contributed by atoms with Crippen LogP contribution in [0.4, 0.5) is 21.8 Å². The summed E-state index contributed by atoms with van der Waals surface area (Å²) in [6.45, 7) is 10.6. The molecule has 224 valence electrons. The monoisotopic (exact) mass is 581 g/mol. The van der Waals surface area contributed by atoms with Crippen molar-refractivity contribution in [2.75, 3.05) is 30.5 Å². The van der Waals surface area contributed by atoms with Gasteiger partial charge < -0.3 is 19.7 Å². The Morgan fingerprint density at radius 2 is 1.53 bits per heavy atom. The van der Waals surface area contributed by atoms with E-state index in [4.69, 9.17) is 14.5 Å². The van der Waals surface area contributed by atoms with Crippen LogP contribution in [0.1, 0.15) is 46.1 Å². The first kappa shape index (κ1) is 28.9. The summed E-state index contributed by atoms with van der Waals surface area (Å²) in [7, 11) is 2.18. The molecule has 0 unspecified atom stereocenters. The first-order valence-electron chi connectivity index (χ1n) is 14.9. The molecule has 0 aliphatic carbocycles. The van der Waals surface area contributed by atoms with Gasteiger partial charge in [-0.05, 0) is 76.4 Å². The lowest BCUT2D eigenvalue weighted by atomic mass is 9.77. The van der Waals surface area contributed by atoms with Gasteiger partial charge in [-0.1, -0.05) is 54.6 Å². The Hall–Kier alpha value is -4.17. The Morgan fingerprint density at radius 1 is 0.884 bits per heavy atom. The van der Waals surface area contributed by atoms with E-state index in [2.05, 4.69) is 91.2 Å². The number of nitrogens with zero attached hydrogens (tertiary/aromatic N) is 4. The molecular weight excluding hydrogens is 541 g/mol. The molecule has 0 atom stereocenters. The Balaban J connectivity index is 1.34. The van der Waals surface area contributed by atoms with Gasteiger partial charge in [0, 0.05) is 35.4 Å². The molecule has 1 fully saturated rings. The molecule has 0 radical (unpaired) electrons. The number of halogens is 1. The number of nitrogens with one attached hydrogen (secondary N) is 1. The third-order valence-corrected chi connectivity index (χ3v) is 8.94. The van der Waals surface area contributed by atoms with Gasteiger partial charge in [-0.15, -0.1) is 0 Å². The van der Waals surface area contributed by atoms with Gasteiger partial charge in [0.25, 0.3) is 0 Å². The van der Waals surface area contributed by atoms with Gasteiger partial charge in [0.15, 0.2) is 23.1 Å². The minimum absolute atomic E-state index is 0.0570. The fraction of sp³-hybridized carbons (Fsp3) is 0.371. The van der Waals surface area contributed by atoms with Crippen molar-refractivity contribution in [2.45, 2.75) is 64.2 Å². The highest BCUT2D eigenvalue weighted by Gasteiger charge is 2.45. The number of rotatable bonds is 7. The van der Waals surface area contributed by atoms with Gasteiger partial charge in [-0.2, -0.15) is 4.98 Å². The van der Waals surface area contributed by atoms with Crippen LogP contribution in [0.2, 0.25) is 0 Å². The standard InChI is InChI=1S/C35H40FN5O2/c1-34(2)20-28(21-35(3,4)40(34)5)41(23-24-11-13-26(14-12-24)25-9-7-6-8-10-25)32-29(36)22-37-33(39-32)38-27-15-16-30-31(19-27)43-18-17-42-30/h6-16,19,22,28H,17-18,20-21,23H2,1-5H3,(H,37,38,39). The number of benzene rings is 3. The molecular formula is C35H40FN5O2. The zero-order chi connectivity index (χ0) is 30.2. The molecule has 3 aromatic carbocycles. The number of piperidine rings is 1. The van der Waals surface area contributed by atoms with Gasteiger partial charge in [-0.3, -0.25) is 4.90 Å². The quantitative estimate of drug-likeness (QED) is 0.243. The molecule has 7 nitrogen and oxygen atoms in total. The first-order valence-corrected chi connectivity index (χ1v) is 14.9. The normalized spacial score (nSPS) is 17.8. The molecule has 3 heterocycles. The van der Waals surface area contributed by atoms with Gasteiger partial charge in [0.05, 0.1) is 6.20 Å². The highest BCUT2D eigenvalue weighted by molar-refractivity contribution is 5.64. The Bertz CT molecular complexity index is 1560. The lowest BCUT2D eigenvalue weighted by Crippen LogP contribution is -2.62. The summed E-state index contributed by atoms with van der Waals surface area (Å²) in [5, 5.41) is 3.25. The average Bonchev–Trinajstić information content (AvgIpc) is 3.00. The first-order chi connectivity index (χ1) is 20.6. The maximum Gasteiger partial charge on any atom is 0.229 e. The third-order valence-electron chi connectivity index (χ3n) is 8.94. The Kier molecular flexibility index (Phi) is 7.73. The molecule has 0 amide bonds. The molecule has 4 aromatic rings. The van der Waals surface area contributed by atoms with Crippen LogP contribution >= 0.6 is 0 Å². The molecule has 2 aliphatic heterocycles. The number of hydrogen-bond acceptors (Lipinski definition) is 7. The predicted molar refractivity (Wildman–Crippen MR) is 170 cm³/mol. The summed E-state index contributed by atoms with van der Waals surface area (Å²) in [5.41, 5.74) is 3.98. The maximum absolute atomic E-state index is 15.7. The largest absolute Gasteiger partial charge is 0.486 e. The highest BCUT2D eigenvalue weighted by Crippen LogP contribution is 2.41. The van der Waals surface area contributed by atoms with E-state index in [1.807, 2.05) is 36.4 Å². The Morgan fingerprint density at radius 3 is 2.23 bits per heavy atom. The van der Waals surface area contributed by atoms with Crippen LogP contribution in [0, 0.1) is 5.82 Å². The summed E-state index contributed by atoms with van der Waals surface area (Å²) in [4.78, 5) is 13.6. The van der Waals surface area contributed by atoms with E-state index >= 15 is 4.39 Å². The number of aromatic nitrogens is 2. The van der Waals surface area contributed by atoms with E-state index in [-0.39, 0.29) is 17.1 Å². The SMILES string of the molecule is CN1C(C)(C)CC(N(Cc2ccc(-c3ccccc3)cc2)c2nc(Nc3ccc4c(c3)OCCO4)ncc2F)CC1(C)C. The molecule has 6 rings (SSSR count). The molecule has 1 N–H and O–H groups in total. The summed E-state index contributed by atoms with van der Waals surface area (Å²) >= 11 is 0. The molecule has 1 saturated heterocycles. The summed E-state index contributed by atoms with van der Waals surface area (Å²) < 4.78 is 27.1. The number of hydrogen-bond donors (Lipinski definition) is 1. The molecule has 0 bridgehead atoms. The molecule has 1 aromatic heterocycles. The van der Waals surface area contributed by atoms with E-state index in [9.17, 15) is 0 Å². The minimum Gasteiger partial charge on any atom is -0.486 e. The molecule has 0 spiro atoms. The van der Waals surface area contributed by atoms with Gasteiger partial charge in [0.1, 0.15) is 13.2 Å². The fourth-order valence-corrected chi connectivity index (χ4v) is 6.42. The van der Waals surface area contributed by atoms with Crippen molar-refractivity contribution in [1.29, 1.82) is 0 Å². The topological polar surface area (TPSA) is 62.8 Å². The second kappa shape index (κ2) is 11.5. The van der Waals surface area contributed by atoms with E-state index < -0.39 is 5.82 Å². The summed E-state index contributed by atoms with van der Waals surface area (Å²) in [5.74, 6) is 1.54. The fourth-order valence-electron chi connectivity index (χ4n) is 6.42. The molecule has 2 aliphatic rings. The number of anilines is 3. The van der Waals surface area contributed by atoms with Crippen LogP contribution in [-0.4, -0.2) is 52.2 Å². The van der Waals surface area contributed by atoms with Crippen molar-refractivity contribution in [3.63, 3.8) is 0 Å². The van der Waals surface area contributed by atoms with Crippen molar-refractivity contribution in [1.82, 2.24) is 14.9 Å². The molecule has 43 heavy (non-hydrogen) atoms. The number of ether oxygens (including phenoxy) is 2. The van der Waals surface area contributed by atoms with Crippen LogP contribution in [0.15, 0.2) is 79.0 Å². The van der Waals surface area contributed by atoms with Gasteiger partial charge >= 0.3 is 0 Å². The van der Waals surface area contributed by atoms with E-state index in [1.54, 1.807) is 0 Å². The lowest BCUT2D eigenvalue weighted by Gasteiger charge is -2.55. The third kappa shape index (κ3) is 6.15. The van der Waals surface area contributed by atoms with E-state index in [0.29, 0.717) is 43.0 Å². The van der Waals surface area contributed by atoms with Gasteiger partial charge in [-0.25, -0.2) is 9.37 Å². The van der Waals surface area contributed by atoms with Crippen LogP contribution in [-0.2, 0) is 6.54 Å². The van der Waals surface area contributed by atoms with Crippen LogP contribution in [0.3, 0.4) is 0 Å². The van der Waals surface area contributed by atoms with Crippen molar-refractivity contribution >= 4 is 17.5 Å². The summed E-state index contributed by atoms with van der Waals surface area (Å²) in [6, 6.07) is 24.5. The van der Waals surface area contributed by atoms with Gasteiger partial charge in [0.2, 0.25) is 5.95 Å². The maximum atomic E-state index is 15.7. The highest BCUT2D eigenvalue weighted by atomic mass is 19.1. The number of fused-ring (bicyclic) bond motifs is 1. The van der Waals surface area contributed by atoms with E-state index in [0.717, 1.165) is 29.7 Å². The van der Waals surface area contributed by atoms with Crippen LogP contribution in [0.25, 0.3) is 11.1 Å². The van der Waals surface area contributed by atoms with Crippen molar-refractivity contribution in [3.05, 3.63) is 90.4 Å². The smallest absolute Gasteiger partial charge is 0.229 e. The van der Waals surface area contributed by atoms with Crippen LogP contribution in [0.5, 0.6) is 11.5 Å². The molecule has 0 saturated carbocycles. The zero-order valence-electron chi connectivity index (χ0n) is 25.6. The number of likely N-dealkylation sites (tertiary alicyclic amines) is 1. The van der Waals surface area contributed by atoms with Crippen molar-refractivity contribution < 1.29 is 13.9 Å². The second-order valence-electron chi connectivity index (χ2n) is 12.8. The molecule has 8 heteroatoms. The van der Waals surface area contributed by atoms with E-state index in [1.165, 1.54) is 11.8 Å². The van der Waals surface area contributed by atoms with Crippen LogP contribution < -0.4 is 19.7 Å². The van der Waals surface area contributed by atoms with Crippen molar-refractivity contribution in [3.8, 4) is 22.6 Å². The average molecular weight is 582 g/mol. The minimum atomic E-state index is -0.442.